The zero-order valence-electron chi connectivity index (χ0n) is 11.5. The fraction of sp³-hybridized carbons (Fsp3) is 0.429. The topological polar surface area (TPSA) is 66.0 Å². The fourth-order valence-electron chi connectivity index (χ4n) is 1.84. The largest absolute Gasteiger partial charge is 0.494 e. The lowest BCUT2D eigenvalue weighted by molar-refractivity contribution is 0.297. The first-order chi connectivity index (χ1) is 9.20. The molecule has 5 heteroatoms. The van der Waals surface area contributed by atoms with Crippen LogP contribution in [0, 0.1) is 13.8 Å². The summed E-state index contributed by atoms with van der Waals surface area (Å²) < 4.78 is 7.55. The highest BCUT2D eigenvalue weighted by atomic mass is 16.5. The van der Waals surface area contributed by atoms with Crippen LogP contribution < -0.4 is 10.5 Å². The molecule has 2 N–H and O–H groups in total. The molecule has 0 saturated carbocycles. The minimum absolute atomic E-state index is 0.436. The van der Waals surface area contributed by atoms with E-state index in [1.165, 1.54) is 5.56 Å². The number of nitrogens with zero attached hydrogens (tertiary/aromatic N) is 3. The predicted molar refractivity (Wildman–Crippen MR) is 73.9 cm³/mol. The first kappa shape index (κ1) is 13.5. The summed E-state index contributed by atoms with van der Waals surface area (Å²) in [4.78, 5) is 0. The molecule has 0 aliphatic carbocycles. The molecule has 5 nitrogen and oxygen atoms in total. The van der Waals surface area contributed by atoms with Gasteiger partial charge < -0.3 is 10.5 Å². The van der Waals surface area contributed by atoms with E-state index < -0.39 is 0 Å². The van der Waals surface area contributed by atoms with Gasteiger partial charge in [0.05, 0.1) is 18.0 Å². The Kier molecular flexibility index (Phi) is 4.52. The molecule has 0 aliphatic rings. The molecule has 1 aromatic carbocycles. The van der Waals surface area contributed by atoms with E-state index in [0.29, 0.717) is 13.2 Å². The van der Waals surface area contributed by atoms with E-state index in [0.717, 1.165) is 30.1 Å². The highest BCUT2D eigenvalue weighted by Gasteiger charge is 2.05. The first-order valence-electron chi connectivity index (χ1n) is 6.49. The van der Waals surface area contributed by atoms with Gasteiger partial charge in [-0.15, -0.1) is 5.10 Å². The van der Waals surface area contributed by atoms with E-state index in [1.54, 1.807) is 0 Å². The van der Waals surface area contributed by atoms with Gasteiger partial charge in [-0.05, 0) is 26.0 Å². The third-order valence-electron chi connectivity index (χ3n) is 3.08. The van der Waals surface area contributed by atoms with Crippen molar-refractivity contribution in [3.63, 3.8) is 0 Å². The number of aryl methyl sites for hydroxylation is 2. The van der Waals surface area contributed by atoms with E-state index in [9.17, 15) is 0 Å². The van der Waals surface area contributed by atoms with Crippen LogP contribution in [0.4, 0.5) is 0 Å². The maximum Gasteiger partial charge on any atom is 0.119 e. The Labute approximate surface area is 113 Å². The number of rotatable bonds is 6. The van der Waals surface area contributed by atoms with Crippen molar-refractivity contribution in [3.8, 4) is 5.75 Å². The van der Waals surface area contributed by atoms with Gasteiger partial charge in [-0.25, -0.2) is 4.68 Å². The van der Waals surface area contributed by atoms with Crippen LogP contribution in [0.3, 0.4) is 0 Å². The molecule has 0 saturated heterocycles. The van der Waals surface area contributed by atoms with Gasteiger partial charge >= 0.3 is 0 Å². The van der Waals surface area contributed by atoms with Crippen LogP contribution in [0.15, 0.2) is 24.3 Å². The van der Waals surface area contributed by atoms with Crippen LogP contribution in [0.2, 0.25) is 0 Å². The third-order valence-corrected chi connectivity index (χ3v) is 3.08. The van der Waals surface area contributed by atoms with Crippen molar-refractivity contribution in [3.05, 3.63) is 41.2 Å². The van der Waals surface area contributed by atoms with Gasteiger partial charge in [0.2, 0.25) is 0 Å². The molecule has 0 radical (unpaired) electrons. The molecule has 0 amide bonds. The second-order valence-corrected chi connectivity index (χ2v) is 4.56. The molecule has 0 aliphatic heterocycles. The van der Waals surface area contributed by atoms with Crippen molar-refractivity contribution in [1.29, 1.82) is 0 Å². The Morgan fingerprint density at radius 3 is 2.58 bits per heavy atom. The number of benzene rings is 1. The normalized spacial score (nSPS) is 10.7. The molecule has 0 spiro atoms. The standard InChI is InChI=1S/C14H20N4O/c1-11-4-6-13(7-5-11)19-9-3-8-18-12(2)14(10-15)16-17-18/h4-7H,3,8-10,15H2,1-2H3. The van der Waals surface area contributed by atoms with E-state index >= 15 is 0 Å². The Hall–Kier alpha value is -1.88. The summed E-state index contributed by atoms with van der Waals surface area (Å²) in [6.07, 6.45) is 0.891. The van der Waals surface area contributed by atoms with Crippen molar-refractivity contribution in [2.24, 2.45) is 5.73 Å². The van der Waals surface area contributed by atoms with Crippen molar-refractivity contribution in [2.45, 2.75) is 33.4 Å². The predicted octanol–water partition coefficient (Wildman–Crippen LogP) is 1.82. The number of hydrogen-bond donors (Lipinski definition) is 1. The van der Waals surface area contributed by atoms with Crippen LogP contribution in [0.5, 0.6) is 5.75 Å². The maximum absolute atomic E-state index is 5.67. The summed E-state index contributed by atoms with van der Waals surface area (Å²) in [6, 6.07) is 8.07. The molecular weight excluding hydrogens is 240 g/mol. The lowest BCUT2D eigenvalue weighted by Gasteiger charge is -2.07. The first-order valence-corrected chi connectivity index (χ1v) is 6.49. The lowest BCUT2D eigenvalue weighted by Crippen LogP contribution is -2.08. The molecule has 102 valence electrons. The highest BCUT2D eigenvalue weighted by Crippen LogP contribution is 2.11. The van der Waals surface area contributed by atoms with Gasteiger partial charge in [0.1, 0.15) is 5.75 Å². The van der Waals surface area contributed by atoms with Gasteiger partial charge in [0.15, 0.2) is 0 Å². The van der Waals surface area contributed by atoms with E-state index in [1.807, 2.05) is 35.9 Å². The Morgan fingerprint density at radius 1 is 1.21 bits per heavy atom. The Bertz CT molecular complexity index is 519. The summed E-state index contributed by atoms with van der Waals surface area (Å²) in [5, 5.41) is 8.10. The van der Waals surface area contributed by atoms with Gasteiger partial charge in [-0.3, -0.25) is 0 Å². The van der Waals surface area contributed by atoms with Gasteiger partial charge in [0.25, 0.3) is 0 Å². The number of ether oxygens (including phenoxy) is 1. The quantitative estimate of drug-likeness (QED) is 0.805. The SMILES string of the molecule is Cc1ccc(OCCCn2nnc(CN)c2C)cc1. The summed E-state index contributed by atoms with van der Waals surface area (Å²) in [5.74, 6) is 0.906. The smallest absolute Gasteiger partial charge is 0.119 e. The zero-order chi connectivity index (χ0) is 13.7. The van der Waals surface area contributed by atoms with Gasteiger partial charge in [0, 0.05) is 19.5 Å². The summed E-state index contributed by atoms with van der Waals surface area (Å²) in [7, 11) is 0. The third kappa shape index (κ3) is 3.54. The molecule has 2 aromatic rings. The van der Waals surface area contributed by atoms with Crippen LogP contribution in [0.25, 0.3) is 0 Å². The minimum atomic E-state index is 0.436. The molecule has 2 rings (SSSR count). The average molecular weight is 260 g/mol. The zero-order valence-corrected chi connectivity index (χ0v) is 11.5. The molecule has 0 bridgehead atoms. The van der Waals surface area contributed by atoms with E-state index in [4.69, 9.17) is 10.5 Å². The van der Waals surface area contributed by atoms with Gasteiger partial charge in [-0.1, -0.05) is 22.9 Å². The van der Waals surface area contributed by atoms with Crippen LogP contribution in [-0.2, 0) is 13.1 Å². The monoisotopic (exact) mass is 260 g/mol. The van der Waals surface area contributed by atoms with E-state index in [-0.39, 0.29) is 0 Å². The van der Waals surface area contributed by atoms with Crippen molar-refractivity contribution < 1.29 is 4.74 Å². The number of nitrogens with two attached hydrogens (primary N) is 1. The fourth-order valence-corrected chi connectivity index (χ4v) is 1.84. The molecule has 19 heavy (non-hydrogen) atoms. The summed E-state index contributed by atoms with van der Waals surface area (Å²) in [6.45, 7) is 5.95. The number of hydrogen-bond acceptors (Lipinski definition) is 4. The van der Waals surface area contributed by atoms with Crippen molar-refractivity contribution in [1.82, 2.24) is 15.0 Å². The van der Waals surface area contributed by atoms with Gasteiger partial charge in [-0.2, -0.15) is 0 Å². The van der Waals surface area contributed by atoms with E-state index in [2.05, 4.69) is 17.2 Å². The average Bonchev–Trinajstić information content (AvgIpc) is 2.77. The lowest BCUT2D eigenvalue weighted by atomic mass is 10.2. The summed E-state index contributed by atoms with van der Waals surface area (Å²) >= 11 is 0. The molecular formula is C14H20N4O. The molecule has 1 aromatic heterocycles. The minimum Gasteiger partial charge on any atom is -0.494 e. The van der Waals surface area contributed by atoms with Crippen molar-refractivity contribution in [2.75, 3.05) is 6.61 Å². The van der Waals surface area contributed by atoms with Crippen LogP contribution >= 0.6 is 0 Å². The second-order valence-electron chi connectivity index (χ2n) is 4.56. The molecule has 1 heterocycles. The highest BCUT2D eigenvalue weighted by molar-refractivity contribution is 5.26. The molecule has 0 atom stereocenters. The number of aromatic nitrogens is 3. The second kappa shape index (κ2) is 6.33. The Morgan fingerprint density at radius 2 is 1.95 bits per heavy atom. The summed E-state index contributed by atoms with van der Waals surface area (Å²) in [5.41, 5.74) is 8.70. The Balaban J connectivity index is 1.77. The molecule has 0 unspecified atom stereocenters. The molecule has 0 fully saturated rings. The van der Waals surface area contributed by atoms with Crippen LogP contribution in [0.1, 0.15) is 23.4 Å². The maximum atomic E-state index is 5.67. The van der Waals surface area contributed by atoms with Crippen molar-refractivity contribution >= 4 is 0 Å². The van der Waals surface area contributed by atoms with Crippen LogP contribution in [-0.4, -0.2) is 21.6 Å².